The molecule has 226 valence electrons. The molecule has 0 saturated carbocycles. The summed E-state index contributed by atoms with van der Waals surface area (Å²) in [5.74, 6) is -0.347. The van der Waals surface area contributed by atoms with Gasteiger partial charge in [0.1, 0.15) is 11.4 Å². The van der Waals surface area contributed by atoms with Crippen LogP contribution in [0.25, 0.3) is 5.69 Å². The number of aromatic nitrogens is 4. The summed E-state index contributed by atoms with van der Waals surface area (Å²) in [5.41, 5.74) is 3.22. The number of nitrogens with one attached hydrogen (secondary N) is 1. The van der Waals surface area contributed by atoms with Gasteiger partial charge in [-0.25, -0.2) is 0 Å². The Labute approximate surface area is 248 Å². The Balaban J connectivity index is 1.40. The third-order valence-corrected chi connectivity index (χ3v) is 8.39. The first-order chi connectivity index (χ1) is 20.9. The molecule has 1 aromatic heterocycles. The monoisotopic (exact) mass is 593 g/mol. The van der Waals surface area contributed by atoms with Crippen molar-refractivity contribution >= 4 is 0 Å². The quantitative estimate of drug-likeness (QED) is 0.329. The first-order valence-corrected chi connectivity index (χ1v) is 14.3. The normalized spacial score (nSPS) is 19.8. The number of alkyl halides is 3. The Morgan fingerprint density at radius 2 is 1.63 bits per heavy atom. The number of hydrogen-bond acceptors (Lipinski definition) is 8. The lowest BCUT2D eigenvalue weighted by atomic mass is 9.81. The van der Waals surface area contributed by atoms with E-state index in [1.54, 1.807) is 13.2 Å². The van der Waals surface area contributed by atoms with Crippen molar-refractivity contribution in [2.75, 3.05) is 46.9 Å². The van der Waals surface area contributed by atoms with Crippen LogP contribution in [-0.4, -0.2) is 89.0 Å². The molecular weight excluding hydrogens is 559 g/mol. The molecule has 2 atom stereocenters. The molecule has 3 aromatic carbocycles. The molecule has 43 heavy (non-hydrogen) atoms. The number of ether oxygens (including phenoxy) is 2. The van der Waals surface area contributed by atoms with Crippen LogP contribution < -0.4 is 14.8 Å². The third kappa shape index (κ3) is 5.82. The van der Waals surface area contributed by atoms with Gasteiger partial charge in [-0.05, 0) is 33.7 Å². The number of rotatable bonds is 8. The first-order valence-electron chi connectivity index (χ1n) is 14.3. The molecular formula is C31H34F3N7O2. The van der Waals surface area contributed by atoms with E-state index in [0.717, 1.165) is 32.7 Å². The molecule has 0 radical (unpaired) electrons. The second-order valence-electron chi connectivity index (χ2n) is 10.9. The molecule has 2 saturated heterocycles. The highest BCUT2D eigenvalue weighted by atomic mass is 19.4. The summed E-state index contributed by atoms with van der Waals surface area (Å²) in [4.78, 5) is 4.98. The molecule has 4 aromatic rings. The summed E-state index contributed by atoms with van der Waals surface area (Å²) in [5, 5.41) is 13.7. The highest BCUT2D eigenvalue weighted by molar-refractivity contribution is 5.58. The summed E-state index contributed by atoms with van der Waals surface area (Å²) in [6, 6.07) is 24.7. The number of fused-ring (bicyclic) bond motifs is 1. The summed E-state index contributed by atoms with van der Waals surface area (Å²) in [6.07, 6.45) is -4.74. The Morgan fingerprint density at radius 3 is 2.26 bits per heavy atom. The van der Waals surface area contributed by atoms with Gasteiger partial charge in [0.2, 0.25) is 0 Å². The van der Waals surface area contributed by atoms with Crippen molar-refractivity contribution in [2.24, 2.45) is 0 Å². The summed E-state index contributed by atoms with van der Waals surface area (Å²) in [7, 11) is 2.98. The fourth-order valence-electron chi connectivity index (χ4n) is 6.59. The van der Waals surface area contributed by atoms with E-state index in [9.17, 15) is 13.2 Å². The van der Waals surface area contributed by atoms with Gasteiger partial charge in [0.25, 0.3) is 5.82 Å². The van der Waals surface area contributed by atoms with Crippen molar-refractivity contribution in [3.8, 4) is 17.2 Å². The predicted octanol–water partition coefficient (Wildman–Crippen LogP) is 3.99. The van der Waals surface area contributed by atoms with Gasteiger partial charge in [-0.15, -0.1) is 5.10 Å². The van der Waals surface area contributed by atoms with Crippen molar-refractivity contribution in [3.63, 3.8) is 0 Å². The zero-order chi connectivity index (χ0) is 30.0. The number of tetrazole rings is 1. The number of piperazine rings is 2. The van der Waals surface area contributed by atoms with Gasteiger partial charge in [-0.1, -0.05) is 60.7 Å². The second kappa shape index (κ2) is 12.3. The molecule has 6 rings (SSSR count). The van der Waals surface area contributed by atoms with Gasteiger partial charge >= 0.3 is 6.18 Å². The number of nitrogens with zero attached hydrogens (tertiary/aromatic N) is 6. The van der Waals surface area contributed by atoms with Crippen LogP contribution in [0.2, 0.25) is 0 Å². The fourth-order valence-corrected chi connectivity index (χ4v) is 6.59. The maximum Gasteiger partial charge on any atom is 0.453 e. The van der Waals surface area contributed by atoms with Crippen LogP contribution in [0.4, 0.5) is 13.2 Å². The largest absolute Gasteiger partial charge is 0.496 e. The van der Waals surface area contributed by atoms with Crippen LogP contribution >= 0.6 is 0 Å². The minimum absolute atomic E-state index is 0.0941. The lowest BCUT2D eigenvalue weighted by molar-refractivity contribution is -0.146. The predicted molar refractivity (Wildman–Crippen MR) is 154 cm³/mol. The highest BCUT2D eigenvalue weighted by Crippen LogP contribution is 2.40. The highest BCUT2D eigenvalue weighted by Gasteiger charge is 2.42. The Morgan fingerprint density at radius 1 is 0.930 bits per heavy atom. The number of benzene rings is 3. The van der Waals surface area contributed by atoms with Crippen molar-refractivity contribution < 1.29 is 22.6 Å². The van der Waals surface area contributed by atoms with E-state index < -0.39 is 12.0 Å². The number of halogens is 3. The zero-order valence-electron chi connectivity index (χ0n) is 24.0. The van der Waals surface area contributed by atoms with Crippen LogP contribution in [-0.2, 0) is 12.7 Å². The van der Waals surface area contributed by atoms with Crippen LogP contribution in [0.5, 0.6) is 11.5 Å². The molecule has 3 heterocycles. The van der Waals surface area contributed by atoms with E-state index in [4.69, 9.17) is 9.47 Å². The fraction of sp³-hybridized carbons (Fsp3) is 0.387. The van der Waals surface area contributed by atoms with Gasteiger partial charge in [-0.3, -0.25) is 9.80 Å². The van der Waals surface area contributed by atoms with E-state index >= 15 is 0 Å². The molecule has 12 heteroatoms. The van der Waals surface area contributed by atoms with Gasteiger partial charge < -0.3 is 14.8 Å². The lowest BCUT2D eigenvalue weighted by Crippen LogP contribution is -2.66. The molecule has 2 fully saturated rings. The summed E-state index contributed by atoms with van der Waals surface area (Å²) >= 11 is 0. The average molecular weight is 594 g/mol. The molecule has 0 aliphatic carbocycles. The van der Waals surface area contributed by atoms with Gasteiger partial charge in [0.05, 0.1) is 19.8 Å². The molecule has 9 nitrogen and oxygen atoms in total. The third-order valence-electron chi connectivity index (χ3n) is 8.39. The maximum atomic E-state index is 13.7. The molecule has 0 amide bonds. The van der Waals surface area contributed by atoms with E-state index in [-0.39, 0.29) is 29.4 Å². The minimum Gasteiger partial charge on any atom is -0.496 e. The van der Waals surface area contributed by atoms with E-state index in [0.29, 0.717) is 22.5 Å². The van der Waals surface area contributed by atoms with Gasteiger partial charge in [0, 0.05) is 57.3 Å². The molecule has 2 aliphatic heterocycles. The first kappa shape index (κ1) is 29.1. The smallest absolute Gasteiger partial charge is 0.453 e. The maximum absolute atomic E-state index is 13.7. The Hall–Kier alpha value is -4.00. The molecule has 2 aliphatic rings. The number of methoxy groups -OCH3 is 2. The zero-order valence-corrected chi connectivity index (χ0v) is 24.0. The van der Waals surface area contributed by atoms with Crippen molar-refractivity contribution in [1.29, 1.82) is 0 Å². The molecule has 0 spiro atoms. The van der Waals surface area contributed by atoms with Crippen LogP contribution in [0.3, 0.4) is 0 Å². The summed E-state index contributed by atoms with van der Waals surface area (Å²) in [6.45, 7) is 4.61. The summed E-state index contributed by atoms with van der Waals surface area (Å²) < 4.78 is 53.3. The van der Waals surface area contributed by atoms with Gasteiger partial charge in [-0.2, -0.15) is 17.9 Å². The van der Waals surface area contributed by atoms with E-state index in [1.165, 1.54) is 24.3 Å². The standard InChI is InChI=1S/C31H34F3N7O2/c1-42-27-14-13-25(41-30(31(32,33)34)36-37-38-41)29(43-2)24(27)19-39-18-23-17-35-15-16-40(23)26(20-39)28(21-9-5-3-6-10-21)22-11-7-4-8-12-22/h3-14,23,26,28,35H,15-20H2,1-2H3/t23-,26+/m1/s1. The molecule has 1 N–H and O–H groups in total. The average Bonchev–Trinajstić information content (AvgIpc) is 3.53. The van der Waals surface area contributed by atoms with E-state index in [2.05, 4.69) is 79.2 Å². The Kier molecular flexibility index (Phi) is 8.33. The van der Waals surface area contributed by atoms with Crippen LogP contribution in [0, 0.1) is 0 Å². The SMILES string of the molecule is COc1ccc(-n2nnnc2C(F)(F)F)c(OC)c1CN1C[C@H]2CNCCN2[C@H](C(c2ccccc2)c2ccccc2)C1. The van der Waals surface area contributed by atoms with Crippen molar-refractivity contribution in [3.05, 3.63) is 95.3 Å². The van der Waals surface area contributed by atoms with Crippen LogP contribution in [0.15, 0.2) is 72.8 Å². The minimum atomic E-state index is -4.74. The number of hydrogen-bond donors (Lipinski definition) is 1. The van der Waals surface area contributed by atoms with Crippen molar-refractivity contribution in [2.45, 2.75) is 30.7 Å². The molecule has 0 unspecified atom stereocenters. The van der Waals surface area contributed by atoms with Crippen molar-refractivity contribution in [1.82, 2.24) is 35.3 Å². The molecule has 0 bridgehead atoms. The topological polar surface area (TPSA) is 80.6 Å². The van der Waals surface area contributed by atoms with Gasteiger partial charge in [0.15, 0.2) is 5.75 Å². The van der Waals surface area contributed by atoms with E-state index in [1.807, 2.05) is 12.1 Å². The lowest BCUT2D eigenvalue weighted by Gasteiger charge is -2.52. The second-order valence-corrected chi connectivity index (χ2v) is 10.9. The van der Waals surface area contributed by atoms with Crippen LogP contribution in [0.1, 0.15) is 28.4 Å². The Bertz CT molecular complexity index is 1480.